The van der Waals surface area contributed by atoms with E-state index in [1.807, 2.05) is 0 Å². The molecule has 0 bridgehead atoms. The molecule has 94 valence electrons. The minimum atomic E-state index is -0.622. The number of carboxylic acids is 1. The Morgan fingerprint density at radius 1 is 1.25 bits per heavy atom. The van der Waals surface area contributed by atoms with Gasteiger partial charge in [-0.15, -0.1) is 0 Å². The third-order valence-electron chi connectivity index (χ3n) is 3.95. The molecule has 0 radical (unpaired) electrons. The molecule has 0 aromatic heterocycles. The molecule has 1 fully saturated rings. The summed E-state index contributed by atoms with van der Waals surface area (Å²) < 4.78 is 0. The summed E-state index contributed by atoms with van der Waals surface area (Å²) in [6, 6.07) is 0. The quantitative estimate of drug-likeness (QED) is 0.740. The van der Waals surface area contributed by atoms with Gasteiger partial charge in [0.15, 0.2) is 0 Å². The maximum absolute atomic E-state index is 10.6. The molecule has 1 aliphatic rings. The van der Waals surface area contributed by atoms with E-state index in [9.17, 15) is 4.79 Å². The van der Waals surface area contributed by atoms with E-state index in [1.165, 1.54) is 32.1 Å². The van der Waals surface area contributed by atoms with Crippen LogP contribution in [0.3, 0.4) is 0 Å². The molecular formula is C14H26O2. The summed E-state index contributed by atoms with van der Waals surface area (Å²) in [5.74, 6) is 1.55. The van der Waals surface area contributed by atoms with Gasteiger partial charge in [0.25, 0.3) is 0 Å². The molecule has 16 heavy (non-hydrogen) atoms. The molecule has 1 rings (SSSR count). The van der Waals surface area contributed by atoms with Gasteiger partial charge >= 0.3 is 5.97 Å². The molecule has 0 aromatic carbocycles. The SMILES string of the molecule is CCC[C@H](C)CC1CCC(CC(=O)O)CC1. The lowest BCUT2D eigenvalue weighted by molar-refractivity contribution is -0.138. The summed E-state index contributed by atoms with van der Waals surface area (Å²) in [5.41, 5.74) is 0. The van der Waals surface area contributed by atoms with E-state index in [2.05, 4.69) is 13.8 Å². The Kier molecular flexibility index (Phi) is 5.86. The van der Waals surface area contributed by atoms with Crippen molar-refractivity contribution in [2.24, 2.45) is 17.8 Å². The average Bonchev–Trinajstić information content (AvgIpc) is 2.20. The molecule has 0 saturated heterocycles. The molecule has 0 heterocycles. The molecule has 0 aromatic rings. The smallest absolute Gasteiger partial charge is 0.303 e. The van der Waals surface area contributed by atoms with Crippen LogP contribution < -0.4 is 0 Å². The van der Waals surface area contributed by atoms with Gasteiger partial charge in [-0.2, -0.15) is 0 Å². The molecular weight excluding hydrogens is 200 g/mol. The Balaban J connectivity index is 2.18. The second kappa shape index (κ2) is 6.93. The van der Waals surface area contributed by atoms with Crippen LogP contribution in [0, 0.1) is 17.8 Å². The van der Waals surface area contributed by atoms with Gasteiger partial charge in [-0.25, -0.2) is 0 Å². The number of hydrogen-bond donors (Lipinski definition) is 1. The summed E-state index contributed by atoms with van der Waals surface area (Å²) in [6.45, 7) is 4.60. The normalized spacial score (nSPS) is 27.6. The minimum Gasteiger partial charge on any atom is -0.481 e. The van der Waals surface area contributed by atoms with Crippen molar-refractivity contribution >= 4 is 5.97 Å². The third kappa shape index (κ3) is 5.00. The van der Waals surface area contributed by atoms with E-state index in [4.69, 9.17) is 5.11 Å². The van der Waals surface area contributed by atoms with E-state index in [0.29, 0.717) is 12.3 Å². The zero-order valence-corrected chi connectivity index (χ0v) is 10.7. The van der Waals surface area contributed by atoms with Gasteiger partial charge in [0, 0.05) is 6.42 Å². The predicted molar refractivity (Wildman–Crippen MR) is 66.4 cm³/mol. The number of carbonyl (C=O) groups is 1. The van der Waals surface area contributed by atoms with Crippen LogP contribution in [-0.2, 0) is 4.79 Å². The summed E-state index contributed by atoms with van der Waals surface area (Å²) in [5, 5.41) is 8.75. The molecule has 2 nitrogen and oxygen atoms in total. The molecule has 1 aliphatic carbocycles. The number of rotatable bonds is 6. The van der Waals surface area contributed by atoms with Crippen molar-refractivity contribution in [3.8, 4) is 0 Å². The fourth-order valence-electron chi connectivity index (χ4n) is 3.10. The van der Waals surface area contributed by atoms with Crippen molar-refractivity contribution in [1.29, 1.82) is 0 Å². The van der Waals surface area contributed by atoms with E-state index in [-0.39, 0.29) is 0 Å². The van der Waals surface area contributed by atoms with Crippen LogP contribution >= 0.6 is 0 Å². The van der Waals surface area contributed by atoms with Crippen LogP contribution in [0.2, 0.25) is 0 Å². The van der Waals surface area contributed by atoms with Gasteiger partial charge in [-0.1, -0.05) is 39.5 Å². The van der Waals surface area contributed by atoms with Crippen molar-refractivity contribution in [3.63, 3.8) is 0 Å². The van der Waals surface area contributed by atoms with Crippen molar-refractivity contribution in [2.45, 2.75) is 65.2 Å². The van der Waals surface area contributed by atoms with Crippen LogP contribution in [0.15, 0.2) is 0 Å². The van der Waals surface area contributed by atoms with E-state index < -0.39 is 5.97 Å². The van der Waals surface area contributed by atoms with Crippen LogP contribution in [-0.4, -0.2) is 11.1 Å². The van der Waals surface area contributed by atoms with E-state index >= 15 is 0 Å². The van der Waals surface area contributed by atoms with E-state index in [0.717, 1.165) is 24.7 Å². The Labute approximate surface area is 99.4 Å². The molecule has 0 spiro atoms. The highest BCUT2D eigenvalue weighted by Gasteiger charge is 2.23. The first kappa shape index (κ1) is 13.5. The predicted octanol–water partition coefficient (Wildman–Crippen LogP) is 4.09. The van der Waals surface area contributed by atoms with Gasteiger partial charge in [-0.05, 0) is 37.0 Å². The number of hydrogen-bond acceptors (Lipinski definition) is 1. The maximum Gasteiger partial charge on any atom is 0.303 e. The summed E-state index contributed by atoms with van der Waals surface area (Å²) in [4.78, 5) is 10.6. The lowest BCUT2D eigenvalue weighted by Gasteiger charge is -2.29. The Morgan fingerprint density at radius 3 is 2.31 bits per heavy atom. The molecule has 0 amide bonds. The van der Waals surface area contributed by atoms with Crippen molar-refractivity contribution in [1.82, 2.24) is 0 Å². The van der Waals surface area contributed by atoms with Crippen molar-refractivity contribution in [2.75, 3.05) is 0 Å². The first-order valence-corrected chi connectivity index (χ1v) is 6.83. The molecule has 1 saturated carbocycles. The highest BCUT2D eigenvalue weighted by atomic mass is 16.4. The molecule has 0 unspecified atom stereocenters. The third-order valence-corrected chi connectivity index (χ3v) is 3.95. The Bertz CT molecular complexity index is 205. The van der Waals surface area contributed by atoms with Gasteiger partial charge in [0.05, 0.1) is 0 Å². The van der Waals surface area contributed by atoms with Crippen LogP contribution in [0.5, 0.6) is 0 Å². The van der Waals surface area contributed by atoms with Crippen molar-refractivity contribution in [3.05, 3.63) is 0 Å². The van der Waals surface area contributed by atoms with Crippen molar-refractivity contribution < 1.29 is 9.90 Å². The van der Waals surface area contributed by atoms with Crippen LogP contribution in [0.1, 0.15) is 65.2 Å². The fraction of sp³-hybridized carbons (Fsp3) is 0.929. The largest absolute Gasteiger partial charge is 0.481 e. The van der Waals surface area contributed by atoms with Gasteiger partial charge in [-0.3, -0.25) is 4.79 Å². The first-order valence-electron chi connectivity index (χ1n) is 6.83. The number of aliphatic carboxylic acids is 1. The second-order valence-corrected chi connectivity index (χ2v) is 5.61. The number of carboxylic acid groups (broad SMARTS) is 1. The van der Waals surface area contributed by atoms with Gasteiger partial charge < -0.3 is 5.11 Å². The Morgan fingerprint density at radius 2 is 1.81 bits per heavy atom. The monoisotopic (exact) mass is 226 g/mol. The lowest BCUT2D eigenvalue weighted by Crippen LogP contribution is -2.18. The lowest BCUT2D eigenvalue weighted by atomic mass is 9.77. The summed E-state index contributed by atoms with van der Waals surface area (Å²) in [7, 11) is 0. The average molecular weight is 226 g/mol. The van der Waals surface area contributed by atoms with Gasteiger partial charge in [0.1, 0.15) is 0 Å². The second-order valence-electron chi connectivity index (χ2n) is 5.61. The van der Waals surface area contributed by atoms with Crippen LogP contribution in [0.25, 0.3) is 0 Å². The van der Waals surface area contributed by atoms with E-state index in [1.54, 1.807) is 0 Å². The molecule has 0 aliphatic heterocycles. The highest BCUT2D eigenvalue weighted by Crippen LogP contribution is 2.34. The van der Waals surface area contributed by atoms with Gasteiger partial charge in [0.2, 0.25) is 0 Å². The zero-order chi connectivity index (χ0) is 12.0. The first-order chi connectivity index (χ1) is 7.61. The summed E-state index contributed by atoms with van der Waals surface area (Å²) in [6.07, 6.45) is 9.15. The molecule has 1 N–H and O–H groups in total. The molecule has 1 atom stereocenters. The topological polar surface area (TPSA) is 37.3 Å². The standard InChI is InChI=1S/C14H26O2/c1-3-4-11(2)9-12-5-7-13(8-6-12)10-14(15)16/h11-13H,3-10H2,1-2H3,(H,15,16)/t11-,12?,13?/m0/s1. The summed E-state index contributed by atoms with van der Waals surface area (Å²) >= 11 is 0. The highest BCUT2D eigenvalue weighted by molar-refractivity contribution is 5.67. The molecule has 2 heteroatoms. The zero-order valence-electron chi connectivity index (χ0n) is 10.7. The maximum atomic E-state index is 10.6. The van der Waals surface area contributed by atoms with Crippen LogP contribution in [0.4, 0.5) is 0 Å². The minimum absolute atomic E-state index is 0.386. The fourth-order valence-corrected chi connectivity index (χ4v) is 3.10. The Hall–Kier alpha value is -0.530.